The fraction of sp³-hybridized carbons (Fsp3) is 0.176. The first-order chi connectivity index (χ1) is 11.3. The molecule has 2 aromatic carbocycles. The van der Waals surface area contributed by atoms with Gasteiger partial charge in [0.2, 0.25) is 5.91 Å². The van der Waals surface area contributed by atoms with Crippen molar-refractivity contribution in [1.29, 1.82) is 0 Å². The van der Waals surface area contributed by atoms with Gasteiger partial charge < -0.3 is 5.32 Å². The predicted octanol–water partition coefficient (Wildman–Crippen LogP) is 4.86. The number of hydrogen-bond donors (Lipinski definition) is 1. The molecule has 24 heavy (non-hydrogen) atoms. The maximum atomic E-state index is 12.6. The molecule has 1 amide bonds. The fourth-order valence-electron chi connectivity index (χ4n) is 2.32. The van der Waals surface area contributed by atoms with Gasteiger partial charge in [0.1, 0.15) is 0 Å². The molecule has 0 radical (unpaired) electrons. The van der Waals surface area contributed by atoms with Crippen LogP contribution in [0.25, 0.3) is 10.2 Å². The Hall–Kier alpha value is -2.41. The van der Waals surface area contributed by atoms with Crippen molar-refractivity contribution in [2.75, 3.05) is 5.32 Å². The van der Waals surface area contributed by atoms with Crippen LogP contribution in [-0.4, -0.2) is 10.9 Å². The van der Waals surface area contributed by atoms with Crippen LogP contribution >= 0.6 is 11.3 Å². The lowest BCUT2D eigenvalue weighted by Crippen LogP contribution is -2.05. The number of carbonyl (C=O) groups excluding carboxylic acids is 1. The van der Waals surface area contributed by atoms with Crippen molar-refractivity contribution in [3.05, 3.63) is 58.6 Å². The van der Waals surface area contributed by atoms with Crippen LogP contribution in [0.4, 0.5) is 18.9 Å². The van der Waals surface area contributed by atoms with Gasteiger partial charge in [-0.05, 0) is 35.9 Å². The van der Waals surface area contributed by atoms with Gasteiger partial charge in [-0.1, -0.05) is 12.1 Å². The average Bonchev–Trinajstić information content (AvgIpc) is 2.87. The molecular formula is C17H13F3N2OS. The normalized spacial score (nSPS) is 11.7. The van der Waals surface area contributed by atoms with Crippen LogP contribution in [0, 0.1) is 0 Å². The molecule has 3 nitrogen and oxygen atoms in total. The van der Waals surface area contributed by atoms with Crippen LogP contribution in [0.1, 0.15) is 23.1 Å². The zero-order valence-corrected chi connectivity index (χ0v) is 13.5. The highest BCUT2D eigenvalue weighted by Gasteiger charge is 2.29. The van der Waals surface area contributed by atoms with Crippen molar-refractivity contribution in [3.8, 4) is 0 Å². The van der Waals surface area contributed by atoms with Crippen LogP contribution in [0.5, 0.6) is 0 Å². The van der Waals surface area contributed by atoms with Gasteiger partial charge in [0.15, 0.2) is 0 Å². The van der Waals surface area contributed by atoms with E-state index < -0.39 is 11.7 Å². The Morgan fingerprint density at radius 3 is 2.50 bits per heavy atom. The average molecular weight is 350 g/mol. The summed E-state index contributed by atoms with van der Waals surface area (Å²) in [5.41, 5.74) is 1.61. The second-order valence-electron chi connectivity index (χ2n) is 5.34. The number of fused-ring (bicyclic) bond motifs is 1. The molecule has 0 aliphatic carbocycles. The summed E-state index contributed by atoms with van der Waals surface area (Å²) < 4.78 is 38.6. The SMILES string of the molecule is CC(=O)Nc1ccc2nc(Cc3ccc(C(F)(F)F)cc3)sc2c1. The summed E-state index contributed by atoms with van der Waals surface area (Å²) in [6.45, 7) is 1.44. The Morgan fingerprint density at radius 2 is 1.88 bits per heavy atom. The third-order valence-electron chi connectivity index (χ3n) is 3.39. The van der Waals surface area contributed by atoms with Crippen molar-refractivity contribution in [2.45, 2.75) is 19.5 Å². The number of nitrogens with one attached hydrogen (secondary N) is 1. The van der Waals surface area contributed by atoms with E-state index in [9.17, 15) is 18.0 Å². The lowest BCUT2D eigenvalue weighted by Gasteiger charge is -2.06. The number of nitrogens with zero attached hydrogens (tertiary/aromatic N) is 1. The minimum atomic E-state index is -4.32. The summed E-state index contributed by atoms with van der Waals surface area (Å²) in [6.07, 6.45) is -3.86. The number of aromatic nitrogens is 1. The molecule has 3 rings (SSSR count). The highest BCUT2D eigenvalue weighted by molar-refractivity contribution is 7.18. The molecule has 1 N–H and O–H groups in total. The molecule has 7 heteroatoms. The van der Waals surface area contributed by atoms with Gasteiger partial charge in [-0.15, -0.1) is 11.3 Å². The first-order valence-electron chi connectivity index (χ1n) is 7.14. The van der Waals surface area contributed by atoms with Gasteiger partial charge in [0.25, 0.3) is 0 Å². The van der Waals surface area contributed by atoms with Gasteiger partial charge >= 0.3 is 6.18 Å². The fourth-order valence-corrected chi connectivity index (χ4v) is 3.36. The lowest BCUT2D eigenvalue weighted by molar-refractivity contribution is -0.137. The number of benzene rings is 2. The molecular weight excluding hydrogens is 337 g/mol. The molecule has 0 saturated heterocycles. The van der Waals surface area contributed by atoms with Gasteiger partial charge in [0, 0.05) is 19.0 Å². The number of halogens is 3. The largest absolute Gasteiger partial charge is 0.416 e. The molecule has 0 bridgehead atoms. The Balaban J connectivity index is 1.81. The minimum Gasteiger partial charge on any atom is -0.326 e. The molecule has 0 fully saturated rings. The van der Waals surface area contributed by atoms with E-state index in [4.69, 9.17) is 0 Å². The number of carbonyl (C=O) groups is 1. The van der Waals surface area contributed by atoms with Gasteiger partial charge in [-0.25, -0.2) is 4.98 Å². The van der Waals surface area contributed by atoms with Gasteiger partial charge in [0.05, 0.1) is 20.8 Å². The second-order valence-corrected chi connectivity index (χ2v) is 6.46. The van der Waals surface area contributed by atoms with Gasteiger partial charge in [-0.2, -0.15) is 13.2 Å². The van der Waals surface area contributed by atoms with E-state index in [2.05, 4.69) is 10.3 Å². The van der Waals surface area contributed by atoms with Crippen molar-refractivity contribution in [2.24, 2.45) is 0 Å². The van der Waals surface area contributed by atoms with E-state index in [0.717, 1.165) is 32.9 Å². The molecule has 1 heterocycles. The van der Waals surface area contributed by atoms with E-state index >= 15 is 0 Å². The number of alkyl halides is 3. The smallest absolute Gasteiger partial charge is 0.326 e. The van der Waals surface area contributed by atoms with Crippen LogP contribution in [0.15, 0.2) is 42.5 Å². The summed E-state index contributed by atoms with van der Waals surface area (Å²) in [6, 6.07) is 10.5. The molecule has 0 spiro atoms. The summed E-state index contributed by atoms with van der Waals surface area (Å²) in [4.78, 5) is 15.6. The molecule has 0 unspecified atom stereocenters. The minimum absolute atomic E-state index is 0.149. The zero-order valence-electron chi connectivity index (χ0n) is 12.6. The third-order valence-corrected chi connectivity index (χ3v) is 4.41. The number of amides is 1. The Morgan fingerprint density at radius 1 is 1.17 bits per heavy atom. The van der Waals surface area contributed by atoms with E-state index in [1.54, 1.807) is 6.07 Å². The maximum Gasteiger partial charge on any atom is 0.416 e. The molecule has 0 saturated carbocycles. The predicted molar refractivity (Wildman–Crippen MR) is 88.2 cm³/mol. The molecule has 0 aliphatic rings. The van der Waals surface area contributed by atoms with E-state index in [1.165, 1.54) is 30.4 Å². The molecule has 0 aliphatic heterocycles. The lowest BCUT2D eigenvalue weighted by atomic mass is 10.1. The number of thiazole rings is 1. The van der Waals surface area contributed by atoms with E-state index in [1.807, 2.05) is 12.1 Å². The first kappa shape index (κ1) is 16.4. The van der Waals surface area contributed by atoms with Crippen LogP contribution < -0.4 is 5.32 Å². The third kappa shape index (κ3) is 3.73. The summed E-state index contributed by atoms with van der Waals surface area (Å²) in [7, 11) is 0. The number of anilines is 1. The number of rotatable bonds is 3. The van der Waals surface area contributed by atoms with Crippen molar-refractivity contribution in [3.63, 3.8) is 0 Å². The quantitative estimate of drug-likeness (QED) is 0.733. The molecule has 1 aromatic heterocycles. The summed E-state index contributed by atoms with van der Waals surface area (Å²) in [5, 5.41) is 3.52. The van der Waals surface area contributed by atoms with Crippen molar-refractivity contribution in [1.82, 2.24) is 4.98 Å². The molecule has 0 atom stereocenters. The van der Waals surface area contributed by atoms with Crippen molar-refractivity contribution < 1.29 is 18.0 Å². The highest BCUT2D eigenvalue weighted by Crippen LogP contribution is 2.30. The summed E-state index contributed by atoms with van der Waals surface area (Å²) >= 11 is 1.46. The van der Waals surface area contributed by atoms with E-state index in [-0.39, 0.29) is 5.91 Å². The van der Waals surface area contributed by atoms with Crippen molar-refractivity contribution >= 4 is 33.1 Å². The van der Waals surface area contributed by atoms with E-state index in [0.29, 0.717) is 12.1 Å². The van der Waals surface area contributed by atoms with Crippen LogP contribution in [0.2, 0.25) is 0 Å². The second kappa shape index (κ2) is 6.24. The first-order valence-corrected chi connectivity index (χ1v) is 7.96. The Bertz CT molecular complexity index is 885. The zero-order chi connectivity index (χ0) is 17.3. The Kier molecular flexibility index (Phi) is 4.28. The van der Waals surface area contributed by atoms with Crippen LogP contribution in [0.3, 0.4) is 0 Å². The Labute approximate surface area is 140 Å². The maximum absolute atomic E-state index is 12.6. The topological polar surface area (TPSA) is 42.0 Å². The molecule has 124 valence electrons. The van der Waals surface area contributed by atoms with Crippen LogP contribution in [-0.2, 0) is 17.4 Å². The summed E-state index contributed by atoms with van der Waals surface area (Å²) in [5.74, 6) is -0.149. The number of hydrogen-bond acceptors (Lipinski definition) is 3. The monoisotopic (exact) mass is 350 g/mol. The molecule has 3 aromatic rings. The highest BCUT2D eigenvalue weighted by atomic mass is 32.1. The van der Waals surface area contributed by atoms with Gasteiger partial charge in [-0.3, -0.25) is 4.79 Å². The standard InChI is InChI=1S/C17H13F3N2OS/c1-10(23)21-13-6-7-14-15(9-13)24-16(22-14)8-11-2-4-12(5-3-11)17(18,19)20/h2-7,9H,8H2,1H3,(H,21,23).